The minimum absolute atomic E-state index is 0.211. The number of aryl methyl sites for hydroxylation is 2. The van der Waals surface area contributed by atoms with E-state index in [1.165, 1.54) is 4.90 Å². The zero-order valence-corrected chi connectivity index (χ0v) is 13.6. The summed E-state index contributed by atoms with van der Waals surface area (Å²) >= 11 is 0. The van der Waals surface area contributed by atoms with E-state index in [0.717, 1.165) is 16.7 Å². The summed E-state index contributed by atoms with van der Waals surface area (Å²) in [7, 11) is 0. The lowest BCUT2D eigenvalue weighted by Crippen LogP contribution is -2.48. The van der Waals surface area contributed by atoms with Gasteiger partial charge in [0.15, 0.2) is 0 Å². The normalized spacial score (nSPS) is 22.3. The van der Waals surface area contributed by atoms with Crippen molar-refractivity contribution in [2.75, 3.05) is 13.2 Å². The SMILES string of the molecule is Cc1ccc(C)c([C@@H]2CN(C(=O)CCC(F)(F)F)[C@H](C)CO2)c1. The van der Waals surface area contributed by atoms with Crippen molar-refractivity contribution >= 4 is 5.91 Å². The van der Waals surface area contributed by atoms with Gasteiger partial charge in [-0.1, -0.05) is 23.8 Å². The Hall–Kier alpha value is -1.56. The number of carbonyl (C=O) groups excluding carboxylic acids is 1. The predicted molar refractivity (Wildman–Crippen MR) is 81.1 cm³/mol. The first-order valence-electron chi connectivity index (χ1n) is 7.72. The average molecular weight is 329 g/mol. The first kappa shape index (κ1) is 17.8. The standard InChI is InChI=1S/C17H22F3NO2/c1-11-4-5-12(2)14(8-11)15-9-21(13(3)10-23-15)16(22)6-7-17(18,19)20/h4-5,8,13,15H,6-7,9-10H2,1-3H3/t13-,15+/m1/s1. The Morgan fingerprint density at radius 2 is 2.04 bits per heavy atom. The van der Waals surface area contributed by atoms with E-state index in [0.29, 0.717) is 13.2 Å². The Morgan fingerprint density at radius 3 is 2.70 bits per heavy atom. The summed E-state index contributed by atoms with van der Waals surface area (Å²) in [5, 5.41) is 0. The van der Waals surface area contributed by atoms with Gasteiger partial charge < -0.3 is 9.64 Å². The summed E-state index contributed by atoms with van der Waals surface area (Å²) < 4.78 is 42.8. The zero-order valence-electron chi connectivity index (χ0n) is 13.6. The lowest BCUT2D eigenvalue weighted by atomic mass is 9.98. The fraction of sp³-hybridized carbons (Fsp3) is 0.588. The van der Waals surface area contributed by atoms with E-state index in [1.54, 1.807) is 6.92 Å². The third-order valence-electron chi connectivity index (χ3n) is 4.16. The number of rotatable bonds is 3. The molecule has 3 nitrogen and oxygen atoms in total. The van der Waals surface area contributed by atoms with E-state index in [9.17, 15) is 18.0 Å². The van der Waals surface area contributed by atoms with Gasteiger partial charge in [-0.15, -0.1) is 0 Å². The molecule has 1 aliphatic rings. The van der Waals surface area contributed by atoms with Crippen molar-refractivity contribution in [3.63, 3.8) is 0 Å². The Bertz CT molecular complexity index is 571. The number of nitrogens with zero attached hydrogens (tertiary/aromatic N) is 1. The monoisotopic (exact) mass is 329 g/mol. The molecular weight excluding hydrogens is 307 g/mol. The second-order valence-corrected chi connectivity index (χ2v) is 6.19. The molecule has 0 N–H and O–H groups in total. The molecule has 6 heteroatoms. The summed E-state index contributed by atoms with van der Waals surface area (Å²) in [6.07, 6.45) is -6.18. The van der Waals surface area contributed by atoms with Crippen LogP contribution in [0.3, 0.4) is 0 Å². The molecule has 128 valence electrons. The Kier molecular flexibility index (Phi) is 5.34. The molecule has 2 atom stereocenters. The molecule has 0 aliphatic carbocycles. The Morgan fingerprint density at radius 1 is 1.35 bits per heavy atom. The van der Waals surface area contributed by atoms with Crippen molar-refractivity contribution in [1.29, 1.82) is 0 Å². The van der Waals surface area contributed by atoms with Crippen LogP contribution in [0.2, 0.25) is 0 Å². The Balaban J connectivity index is 2.09. The molecule has 1 fully saturated rings. The molecule has 1 aromatic rings. The maximum absolute atomic E-state index is 12.3. The zero-order chi connectivity index (χ0) is 17.2. The quantitative estimate of drug-likeness (QED) is 0.841. The van der Waals surface area contributed by atoms with Gasteiger partial charge in [-0.3, -0.25) is 4.79 Å². The van der Waals surface area contributed by atoms with Gasteiger partial charge in [-0.2, -0.15) is 13.2 Å². The lowest BCUT2D eigenvalue weighted by Gasteiger charge is -2.39. The molecule has 1 saturated heterocycles. The molecule has 0 aromatic heterocycles. The topological polar surface area (TPSA) is 29.5 Å². The van der Waals surface area contributed by atoms with Gasteiger partial charge in [0.2, 0.25) is 5.91 Å². The molecule has 1 aliphatic heterocycles. The molecule has 1 amide bonds. The first-order valence-corrected chi connectivity index (χ1v) is 7.72. The highest BCUT2D eigenvalue weighted by Gasteiger charge is 2.34. The number of ether oxygens (including phenoxy) is 1. The van der Waals surface area contributed by atoms with E-state index < -0.39 is 24.9 Å². The van der Waals surface area contributed by atoms with Crippen molar-refractivity contribution in [3.05, 3.63) is 34.9 Å². The van der Waals surface area contributed by atoms with E-state index in [-0.39, 0.29) is 12.1 Å². The molecule has 0 unspecified atom stereocenters. The highest BCUT2D eigenvalue weighted by Crippen LogP contribution is 2.29. The van der Waals surface area contributed by atoms with Gasteiger partial charge in [0.25, 0.3) is 0 Å². The predicted octanol–water partition coefficient (Wildman–Crippen LogP) is 3.93. The molecule has 2 rings (SSSR count). The maximum Gasteiger partial charge on any atom is 0.389 e. The molecule has 23 heavy (non-hydrogen) atoms. The second kappa shape index (κ2) is 6.91. The van der Waals surface area contributed by atoms with Gasteiger partial charge in [0.05, 0.1) is 25.6 Å². The Labute approximate surface area is 134 Å². The number of carbonyl (C=O) groups is 1. The highest BCUT2D eigenvalue weighted by atomic mass is 19.4. The van der Waals surface area contributed by atoms with Crippen LogP contribution in [0.15, 0.2) is 18.2 Å². The van der Waals surface area contributed by atoms with Crippen LogP contribution in [0.5, 0.6) is 0 Å². The fourth-order valence-electron chi connectivity index (χ4n) is 2.79. The summed E-state index contributed by atoms with van der Waals surface area (Å²) in [6.45, 7) is 6.36. The minimum atomic E-state index is -4.31. The van der Waals surface area contributed by atoms with Crippen molar-refractivity contribution in [2.45, 2.75) is 51.9 Å². The van der Waals surface area contributed by atoms with Crippen molar-refractivity contribution < 1.29 is 22.7 Å². The lowest BCUT2D eigenvalue weighted by molar-refractivity contribution is -0.156. The van der Waals surface area contributed by atoms with Gasteiger partial charge in [0.1, 0.15) is 6.10 Å². The second-order valence-electron chi connectivity index (χ2n) is 6.19. The van der Waals surface area contributed by atoms with Crippen LogP contribution in [-0.2, 0) is 9.53 Å². The molecule has 1 aromatic carbocycles. The van der Waals surface area contributed by atoms with Crippen LogP contribution in [0.1, 0.15) is 42.6 Å². The van der Waals surface area contributed by atoms with Crippen LogP contribution < -0.4 is 0 Å². The number of hydrogen-bond donors (Lipinski definition) is 0. The molecular formula is C17H22F3NO2. The maximum atomic E-state index is 12.3. The minimum Gasteiger partial charge on any atom is -0.370 e. The smallest absolute Gasteiger partial charge is 0.370 e. The van der Waals surface area contributed by atoms with Gasteiger partial charge >= 0.3 is 6.18 Å². The fourth-order valence-corrected chi connectivity index (χ4v) is 2.79. The van der Waals surface area contributed by atoms with Gasteiger partial charge in [0, 0.05) is 6.42 Å². The third kappa shape index (κ3) is 4.70. The number of alkyl halides is 3. The van der Waals surface area contributed by atoms with Crippen LogP contribution >= 0.6 is 0 Å². The van der Waals surface area contributed by atoms with Gasteiger partial charge in [-0.25, -0.2) is 0 Å². The largest absolute Gasteiger partial charge is 0.389 e. The average Bonchev–Trinajstić information content (AvgIpc) is 2.47. The van der Waals surface area contributed by atoms with Crippen LogP contribution in [0, 0.1) is 13.8 Å². The molecule has 0 bridgehead atoms. The van der Waals surface area contributed by atoms with Crippen molar-refractivity contribution in [1.82, 2.24) is 4.90 Å². The van der Waals surface area contributed by atoms with Crippen LogP contribution in [-0.4, -0.2) is 36.2 Å². The van der Waals surface area contributed by atoms with Crippen molar-refractivity contribution in [3.8, 4) is 0 Å². The summed E-state index contributed by atoms with van der Waals surface area (Å²) in [4.78, 5) is 13.7. The van der Waals surface area contributed by atoms with Gasteiger partial charge in [-0.05, 0) is 31.9 Å². The molecule has 0 spiro atoms. The highest BCUT2D eigenvalue weighted by molar-refractivity contribution is 5.76. The number of benzene rings is 1. The summed E-state index contributed by atoms with van der Waals surface area (Å²) in [5.41, 5.74) is 3.13. The van der Waals surface area contributed by atoms with E-state index in [1.807, 2.05) is 32.0 Å². The number of halogens is 3. The summed E-state index contributed by atoms with van der Waals surface area (Å²) in [5.74, 6) is -0.464. The molecule has 0 saturated carbocycles. The number of hydrogen-bond acceptors (Lipinski definition) is 2. The molecule has 1 heterocycles. The number of amides is 1. The van der Waals surface area contributed by atoms with Crippen LogP contribution in [0.4, 0.5) is 13.2 Å². The van der Waals surface area contributed by atoms with Crippen LogP contribution in [0.25, 0.3) is 0 Å². The van der Waals surface area contributed by atoms with Crippen molar-refractivity contribution in [2.24, 2.45) is 0 Å². The third-order valence-corrected chi connectivity index (χ3v) is 4.16. The van der Waals surface area contributed by atoms with E-state index in [4.69, 9.17) is 4.74 Å². The summed E-state index contributed by atoms with van der Waals surface area (Å²) in [6, 6.07) is 5.78. The van der Waals surface area contributed by atoms with E-state index >= 15 is 0 Å². The van der Waals surface area contributed by atoms with E-state index in [2.05, 4.69) is 0 Å². The first-order chi connectivity index (χ1) is 10.7. The molecule has 0 radical (unpaired) electrons. The number of morpholine rings is 1.